The number of hydrogen-bond acceptors (Lipinski definition) is 3. The van der Waals surface area contributed by atoms with Crippen LogP contribution in [0, 0.1) is 16.0 Å². The molecule has 0 saturated carbocycles. The van der Waals surface area contributed by atoms with Crippen molar-refractivity contribution in [1.29, 1.82) is 0 Å². The Bertz CT molecular complexity index is 406. The predicted molar refractivity (Wildman–Crippen MR) is 66.8 cm³/mol. The molecule has 1 atom stereocenters. The molecule has 0 bridgehead atoms. The van der Waals surface area contributed by atoms with Gasteiger partial charge in [0, 0.05) is 25.2 Å². The van der Waals surface area contributed by atoms with Crippen LogP contribution in [-0.2, 0) is 6.54 Å². The second-order valence-electron chi connectivity index (χ2n) is 4.91. The maximum atomic E-state index is 10.7. The molecule has 4 heteroatoms. The van der Waals surface area contributed by atoms with Crippen LogP contribution in [0.2, 0.25) is 0 Å². The Morgan fingerprint density at radius 1 is 1.53 bits per heavy atom. The zero-order valence-electron chi connectivity index (χ0n) is 10.1. The van der Waals surface area contributed by atoms with E-state index in [0.29, 0.717) is 0 Å². The molecule has 1 aliphatic heterocycles. The molecule has 2 rings (SSSR count). The van der Waals surface area contributed by atoms with Gasteiger partial charge in [-0.2, -0.15) is 0 Å². The lowest BCUT2D eigenvalue weighted by atomic mass is 10.00. The molecule has 17 heavy (non-hydrogen) atoms. The normalized spacial score (nSPS) is 21.4. The number of piperidine rings is 1. The molecule has 1 heterocycles. The van der Waals surface area contributed by atoms with Crippen molar-refractivity contribution < 1.29 is 4.92 Å². The van der Waals surface area contributed by atoms with Crippen molar-refractivity contribution in [1.82, 2.24) is 4.90 Å². The molecule has 0 spiro atoms. The second kappa shape index (κ2) is 5.27. The van der Waals surface area contributed by atoms with Crippen LogP contribution in [0.3, 0.4) is 0 Å². The molecule has 1 aliphatic rings. The Kier molecular flexibility index (Phi) is 3.74. The fourth-order valence-electron chi connectivity index (χ4n) is 2.46. The predicted octanol–water partition coefficient (Wildman–Crippen LogP) is 2.83. The lowest BCUT2D eigenvalue weighted by Crippen LogP contribution is -2.33. The summed E-state index contributed by atoms with van der Waals surface area (Å²) in [4.78, 5) is 12.7. The summed E-state index contributed by atoms with van der Waals surface area (Å²) < 4.78 is 0. The summed E-state index contributed by atoms with van der Waals surface area (Å²) in [7, 11) is 0. The summed E-state index contributed by atoms with van der Waals surface area (Å²) in [5, 5.41) is 10.7. The van der Waals surface area contributed by atoms with E-state index in [-0.39, 0.29) is 10.6 Å². The Labute approximate surface area is 101 Å². The van der Waals surface area contributed by atoms with E-state index in [1.165, 1.54) is 12.8 Å². The van der Waals surface area contributed by atoms with Gasteiger partial charge in [-0.3, -0.25) is 15.0 Å². The third kappa shape index (κ3) is 3.27. The molecule has 1 aromatic rings. The molecule has 0 N–H and O–H groups in total. The Morgan fingerprint density at radius 2 is 2.35 bits per heavy atom. The minimum Gasteiger partial charge on any atom is -0.299 e. The van der Waals surface area contributed by atoms with Gasteiger partial charge in [0.15, 0.2) is 0 Å². The number of benzene rings is 1. The van der Waals surface area contributed by atoms with Crippen LogP contribution in [-0.4, -0.2) is 22.9 Å². The number of hydrogen-bond donors (Lipinski definition) is 0. The average molecular weight is 234 g/mol. The largest absolute Gasteiger partial charge is 0.299 e. The number of nitro groups is 1. The lowest BCUT2D eigenvalue weighted by Gasteiger charge is -2.30. The molecule has 0 aromatic heterocycles. The van der Waals surface area contributed by atoms with Crippen molar-refractivity contribution in [2.24, 2.45) is 5.92 Å². The first-order valence-corrected chi connectivity index (χ1v) is 6.11. The first-order valence-electron chi connectivity index (χ1n) is 6.11. The van der Waals surface area contributed by atoms with Gasteiger partial charge in [0.2, 0.25) is 0 Å². The van der Waals surface area contributed by atoms with Crippen molar-refractivity contribution in [2.45, 2.75) is 26.3 Å². The van der Waals surface area contributed by atoms with Gasteiger partial charge in [-0.1, -0.05) is 19.1 Å². The van der Waals surface area contributed by atoms with Crippen molar-refractivity contribution >= 4 is 5.69 Å². The summed E-state index contributed by atoms with van der Waals surface area (Å²) in [6.07, 6.45) is 2.53. The molecule has 1 fully saturated rings. The van der Waals surface area contributed by atoms with Crippen molar-refractivity contribution in [3.63, 3.8) is 0 Å². The number of likely N-dealkylation sites (tertiary alicyclic amines) is 1. The highest BCUT2D eigenvalue weighted by molar-refractivity contribution is 5.34. The maximum absolute atomic E-state index is 10.7. The smallest absolute Gasteiger partial charge is 0.269 e. The van der Waals surface area contributed by atoms with E-state index in [9.17, 15) is 10.1 Å². The Hall–Kier alpha value is -1.42. The van der Waals surface area contributed by atoms with Crippen molar-refractivity contribution in [3.05, 3.63) is 39.9 Å². The molecule has 1 aromatic carbocycles. The van der Waals surface area contributed by atoms with Crippen LogP contribution in [0.5, 0.6) is 0 Å². The SMILES string of the molecule is C[C@@H]1CCCN(Cc2cccc([N+](=O)[O-])c2)C1. The maximum Gasteiger partial charge on any atom is 0.269 e. The van der Waals surface area contributed by atoms with Gasteiger partial charge in [0.1, 0.15) is 0 Å². The highest BCUT2D eigenvalue weighted by Crippen LogP contribution is 2.19. The van der Waals surface area contributed by atoms with Crippen LogP contribution >= 0.6 is 0 Å². The molecule has 0 radical (unpaired) electrons. The highest BCUT2D eigenvalue weighted by Gasteiger charge is 2.16. The number of nitro benzene ring substituents is 1. The topological polar surface area (TPSA) is 46.4 Å². The van der Waals surface area contributed by atoms with E-state index in [1.54, 1.807) is 18.2 Å². The van der Waals surface area contributed by atoms with Crippen LogP contribution in [0.25, 0.3) is 0 Å². The lowest BCUT2D eigenvalue weighted by molar-refractivity contribution is -0.384. The Morgan fingerprint density at radius 3 is 3.06 bits per heavy atom. The van der Waals surface area contributed by atoms with E-state index in [1.807, 2.05) is 6.07 Å². The summed E-state index contributed by atoms with van der Waals surface area (Å²) in [6.45, 7) is 5.29. The quantitative estimate of drug-likeness (QED) is 0.596. The van der Waals surface area contributed by atoms with Crippen molar-refractivity contribution in [3.8, 4) is 0 Å². The molecular formula is C13H18N2O2. The van der Waals surface area contributed by atoms with E-state index < -0.39 is 0 Å². The zero-order valence-corrected chi connectivity index (χ0v) is 10.1. The van der Waals surface area contributed by atoms with Gasteiger partial charge in [-0.15, -0.1) is 0 Å². The van der Waals surface area contributed by atoms with E-state index >= 15 is 0 Å². The molecular weight excluding hydrogens is 216 g/mol. The first-order chi connectivity index (χ1) is 8.15. The summed E-state index contributed by atoms with van der Waals surface area (Å²) in [6, 6.07) is 6.95. The van der Waals surface area contributed by atoms with Crippen LogP contribution in [0.4, 0.5) is 5.69 Å². The first kappa shape index (κ1) is 12.0. The number of nitrogens with zero attached hydrogens (tertiary/aromatic N) is 2. The van der Waals surface area contributed by atoms with Crippen LogP contribution < -0.4 is 0 Å². The molecule has 0 aliphatic carbocycles. The molecule has 0 unspecified atom stereocenters. The van der Waals surface area contributed by atoms with Gasteiger partial charge in [-0.25, -0.2) is 0 Å². The van der Waals surface area contributed by atoms with Gasteiger partial charge < -0.3 is 0 Å². The van der Waals surface area contributed by atoms with Gasteiger partial charge in [-0.05, 0) is 30.9 Å². The summed E-state index contributed by atoms with van der Waals surface area (Å²) in [5.41, 5.74) is 1.22. The van der Waals surface area contributed by atoms with Crippen LogP contribution in [0.1, 0.15) is 25.3 Å². The molecule has 1 saturated heterocycles. The average Bonchev–Trinajstić information content (AvgIpc) is 2.29. The standard InChI is InChI=1S/C13H18N2O2/c1-11-4-3-7-14(9-11)10-12-5-2-6-13(8-12)15(16)17/h2,5-6,8,11H,3-4,7,9-10H2,1H3/t11-/m1/s1. The third-order valence-corrected chi connectivity index (χ3v) is 3.27. The minimum absolute atomic E-state index is 0.188. The fourth-order valence-corrected chi connectivity index (χ4v) is 2.46. The highest BCUT2D eigenvalue weighted by atomic mass is 16.6. The third-order valence-electron chi connectivity index (χ3n) is 3.27. The Balaban J connectivity index is 2.02. The zero-order chi connectivity index (χ0) is 12.3. The fraction of sp³-hybridized carbons (Fsp3) is 0.538. The van der Waals surface area contributed by atoms with E-state index in [0.717, 1.165) is 31.1 Å². The van der Waals surface area contributed by atoms with Crippen molar-refractivity contribution in [2.75, 3.05) is 13.1 Å². The van der Waals surface area contributed by atoms with Crippen LogP contribution in [0.15, 0.2) is 24.3 Å². The molecule has 92 valence electrons. The monoisotopic (exact) mass is 234 g/mol. The summed E-state index contributed by atoms with van der Waals surface area (Å²) in [5.74, 6) is 0.738. The molecule has 4 nitrogen and oxygen atoms in total. The summed E-state index contributed by atoms with van der Waals surface area (Å²) >= 11 is 0. The number of rotatable bonds is 3. The minimum atomic E-state index is -0.331. The van der Waals surface area contributed by atoms with E-state index in [2.05, 4.69) is 11.8 Å². The second-order valence-corrected chi connectivity index (χ2v) is 4.91. The van der Waals surface area contributed by atoms with Gasteiger partial charge in [0.25, 0.3) is 5.69 Å². The number of non-ortho nitro benzene ring substituents is 1. The molecule has 0 amide bonds. The van der Waals surface area contributed by atoms with Gasteiger partial charge in [0.05, 0.1) is 4.92 Å². The van der Waals surface area contributed by atoms with Gasteiger partial charge >= 0.3 is 0 Å². The van der Waals surface area contributed by atoms with E-state index in [4.69, 9.17) is 0 Å².